The molecule has 0 fully saturated rings. The molecule has 0 saturated heterocycles. The van der Waals surface area contributed by atoms with E-state index in [0.29, 0.717) is 0 Å². The second-order valence-electron chi connectivity index (χ2n) is 4.50. The third-order valence-electron chi connectivity index (χ3n) is 2.89. The number of thiophene rings is 1. The van der Waals surface area contributed by atoms with E-state index in [1.165, 1.54) is 49.8 Å². The zero-order valence-electron chi connectivity index (χ0n) is 10.8. The van der Waals surface area contributed by atoms with E-state index in [0.717, 1.165) is 17.4 Å². The smallest absolute Gasteiger partial charge is 0.0931 e. The maximum absolute atomic E-state index is 5.87. The zero-order valence-corrected chi connectivity index (χ0v) is 12.4. The first-order chi connectivity index (χ1) is 8.33. The lowest BCUT2D eigenvalue weighted by Crippen LogP contribution is -2.13. The van der Waals surface area contributed by atoms with Crippen LogP contribution in [0.2, 0.25) is 4.34 Å². The van der Waals surface area contributed by atoms with Gasteiger partial charge in [-0.3, -0.25) is 0 Å². The van der Waals surface area contributed by atoms with Crippen LogP contribution in [0.25, 0.3) is 0 Å². The average Bonchev–Trinajstić information content (AvgIpc) is 2.73. The standard InChI is InChI=1S/C14H24ClNS/c1-2-3-4-5-6-7-8-11-16-12-13-9-10-14(15)17-13/h9-10,16H,2-8,11-12H2,1H3. The highest BCUT2D eigenvalue weighted by Gasteiger charge is 1.97. The quantitative estimate of drug-likeness (QED) is 0.575. The summed E-state index contributed by atoms with van der Waals surface area (Å²) in [6, 6.07) is 4.07. The minimum absolute atomic E-state index is 0.887. The molecule has 0 aliphatic rings. The van der Waals surface area contributed by atoms with Crippen molar-refractivity contribution in [3.05, 3.63) is 21.3 Å². The first-order valence-electron chi connectivity index (χ1n) is 6.78. The molecular formula is C14H24ClNS. The largest absolute Gasteiger partial charge is 0.312 e. The van der Waals surface area contributed by atoms with Crippen LogP contribution in [0.3, 0.4) is 0 Å². The normalized spacial score (nSPS) is 10.9. The van der Waals surface area contributed by atoms with Gasteiger partial charge in [0.05, 0.1) is 4.34 Å². The Morgan fingerprint density at radius 2 is 1.76 bits per heavy atom. The molecule has 17 heavy (non-hydrogen) atoms. The van der Waals surface area contributed by atoms with Gasteiger partial charge in [0.1, 0.15) is 0 Å². The molecule has 1 nitrogen and oxygen atoms in total. The summed E-state index contributed by atoms with van der Waals surface area (Å²) in [7, 11) is 0. The van der Waals surface area contributed by atoms with Gasteiger partial charge in [-0.1, -0.05) is 57.0 Å². The van der Waals surface area contributed by atoms with Crippen molar-refractivity contribution in [2.24, 2.45) is 0 Å². The maximum atomic E-state index is 5.87. The van der Waals surface area contributed by atoms with E-state index >= 15 is 0 Å². The first kappa shape index (κ1) is 15.0. The van der Waals surface area contributed by atoms with Gasteiger partial charge in [-0.2, -0.15) is 0 Å². The Balaban J connectivity index is 1.84. The summed E-state index contributed by atoms with van der Waals surface area (Å²) < 4.78 is 0.887. The van der Waals surface area contributed by atoms with Crippen molar-refractivity contribution in [2.45, 2.75) is 58.4 Å². The Hall–Kier alpha value is -0.0500. The van der Waals surface area contributed by atoms with Crippen molar-refractivity contribution >= 4 is 22.9 Å². The fourth-order valence-electron chi connectivity index (χ4n) is 1.87. The van der Waals surface area contributed by atoms with Crippen molar-refractivity contribution in [1.29, 1.82) is 0 Å². The molecule has 0 unspecified atom stereocenters. The Morgan fingerprint density at radius 1 is 1.06 bits per heavy atom. The molecule has 0 aliphatic heterocycles. The van der Waals surface area contributed by atoms with E-state index in [1.54, 1.807) is 11.3 Å². The molecular weight excluding hydrogens is 250 g/mol. The summed E-state index contributed by atoms with van der Waals surface area (Å²) in [6.07, 6.45) is 9.62. The summed E-state index contributed by atoms with van der Waals surface area (Å²) in [4.78, 5) is 1.33. The van der Waals surface area contributed by atoms with Crippen LogP contribution < -0.4 is 5.32 Å². The van der Waals surface area contributed by atoms with Crippen LogP contribution in [-0.2, 0) is 6.54 Å². The second kappa shape index (κ2) is 9.93. The predicted octanol–water partition coefficient (Wildman–Crippen LogP) is 5.24. The summed E-state index contributed by atoms with van der Waals surface area (Å²) in [5.41, 5.74) is 0. The molecule has 1 heterocycles. The number of hydrogen-bond acceptors (Lipinski definition) is 2. The van der Waals surface area contributed by atoms with Crippen LogP contribution >= 0.6 is 22.9 Å². The van der Waals surface area contributed by atoms with E-state index in [2.05, 4.69) is 18.3 Å². The van der Waals surface area contributed by atoms with Crippen molar-refractivity contribution < 1.29 is 0 Å². The SMILES string of the molecule is CCCCCCCCCNCc1ccc(Cl)s1. The Labute approximate surface area is 115 Å². The number of unbranched alkanes of at least 4 members (excludes halogenated alkanes) is 6. The van der Waals surface area contributed by atoms with Crippen LogP contribution in [0.15, 0.2) is 12.1 Å². The molecule has 0 spiro atoms. The molecule has 0 radical (unpaired) electrons. The molecule has 1 aromatic heterocycles. The highest BCUT2D eigenvalue weighted by Crippen LogP contribution is 2.20. The van der Waals surface area contributed by atoms with Gasteiger partial charge in [-0.15, -0.1) is 11.3 Å². The molecule has 3 heteroatoms. The number of halogens is 1. The first-order valence-corrected chi connectivity index (χ1v) is 7.97. The molecule has 0 bridgehead atoms. The fraction of sp³-hybridized carbons (Fsp3) is 0.714. The van der Waals surface area contributed by atoms with Crippen molar-refractivity contribution in [3.8, 4) is 0 Å². The lowest BCUT2D eigenvalue weighted by Gasteiger charge is -2.03. The molecule has 0 amide bonds. The topological polar surface area (TPSA) is 12.0 Å². The Morgan fingerprint density at radius 3 is 2.41 bits per heavy atom. The minimum atomic E-state index is 0.887. The Kier molecular flexibility index (Phi) is 8.76. The van der Waals surface area contributed by atoms with Gasteiger partial charge in [0, 0.05) is 11.4 Å². The lowest BCUT2D eigenvalue weighted by atomic mass is 10.1. The summed E-state index contributed by atoms with van der Waals surface area (Å²) in [5.74, 6) is 0. The zero-order chi connectivity index (χ0) is 12.3. The van der Waals surface area contributed by atoms with Crippen molar-refractivity contribution in [1.82, 2.24) is 5.32 Å². The average molecular weight is 274 g/mol. The van der Waals surface area contributed by atoms with Crippen LogP contribution in [0.4, 0.5) is 0 Å². The molecule has 98 valence electrons. The van der Waals surface area contributed by atoms with E-state index in [1.807, 2.05) is 6.07 Å². The third-order valence-corrected chi connectivity index (χ3v) is 4.12. The lowest BCUT2D eigenvalue weighted by molar-refractivity contribution is 0.564. The molecule has 0 saturated carbocycles. The number of nitrogens with one attached hydrogen (secondary N) is 1. The maximum Gasteiger partial charge on any atom is 0.0931 e. The summed E-state index contributed by atoms with van der Waals surface area (Å²) in [5, 5.41) is 3.47. The van der Waals surface area contributed by atoms with Gasteiger partial charge in [0.2, 0.25) is 0 Å². The molecule has 1 rings (SSSR count). The molecule has 0 aliphatic carbocycles. The van der Waals surface area contributed by atoms with E-state index in [-0.39, 0.29) is 0 Å². The summed E-state index contributed by atoms with van der Waals surface area (Å²) >= 11 is 7.54. The van der Waals surface area contributed by atoms with Gasteiger partial charge < -0.3 is 5.32 Å². The molecule has 1 aromatic rings. The van der Waals surface area contributed by atoms with Crippen LogP contribution in [-0.4, -0.2) is 6.54 Å². The molecule has 1 N–H and O–H groups in total. The summed E-state index contributed by atoms with van der Waals surface area (Å²) in [6.45, 7) is 4.36. The number of hydrogen-bond donors (Lipinski definition) is 1. The second-order valence-corrected chi connectivity index (χ2v) is 6.30. The van der Waals surface area contributed by atoms with Crippen LogP contribution in [0, 0.1) is 0 Å². The molecule has 0 atom stereocenters. The third kappa shape index (κ3) is 7.80. The van der Waals surface area contributed by atoms with Crippen LogP contribution in [0.1, 0.15) is 56.7 Å². The van der Waals surface area contributed by atoms with Gasteiger partial charge in [0.15, 0.2) is 0 Å². The monoisotopic (exact) mass is 273 g/mol. The highest BCUT2D eigenvalue weighted by molar-refractivity contribution is 7.16. The van der Waals surface area contributed by atoms with Crippen molar-refractivity contribution in [3.63, 3.8) is 0 Å². The van der Waals surface area contributed by atoms with Crippen LogP contribution in [0.5, 0.6) is 0 Å². The Bertz CT molecular complexity index is 286. The van der Waals surface area contributed by atoms with E-state index < -0.39 is 0 Å². The van der Waals surface area contributed by atoms with Gasteiger partial charge >= 0.3 is 0 Å². The fourth-order valence-corrected chi connectivity index (χ4v) is 2.92. The number of rotatable bonds is 10. The predicted molar refractivity (Wildman–Crippen MR) is 79.0 cm³/mol. The van der Waals surface area contributed by atoms with E-state index in [9.17, 15) is 0 Å². The van der Waals surface area contributed by atoms with E-state index in [4.69, 9.17) is 11.6 Å². The van der Waals surface area contributed by atoms with Crippen molar-refractivity contribution in [2.75, 3.05) is 6.54 Å². The molecule has 0 aromatic carbocycles. The van der Waals surface area contributed by atoms with Gasteiger partial charge in [0.25, 0.3) is 0 Å². The van der Waals surface area contributed by atoms with Gasteiger partial charge in [-0.05, 0) is 25.1 Å². The highest BCUT2D eigenvalue weighted by atomic mass is 35.5. The van der Waals surface area contributed by atoms with Gasteiger partial charge in [-0.25, -0.2) is 0 Å². The minimum Gasteiger partial charge on any atom is -0.312 e.